The van der Waals surface area contributed by atoms with E-state index in [1.807, 2.05) is 24.3 Å². The quantitative estimate of drug-likeness (QED) is 0.865. The van der Waals surface area contributed by atoms with Crippen molar-refractivity contribution in [1.29, 1.82) is 0 Å². The van der Waals surface area contributed by atoms with Gasteiger partial charge in [-0.15, -0.1) is 0 Å². The summed E-state index contributed by atoms with van der Waals surface area (Å²) in [5, 5.41) is 2.93. The Morgan fingerprint density at radius 1 is 1.47 bits per heavy atom. The van der Waals surface area contributed by atoms with Crippen molar-refractivity contribution >= 4 is 5.91 Å². The van der Waals surface area contributed by atoms with Gasteiger partial charge < -0.3 is 10.1 Å². The summed E-state index contributed by atoms with van der Waals surface area (Å²) in [5.41, 5.74) is 1.12. The molecule has 0 saturated carbocycles. The highest BCUT2D eigenvalue weighted by Crippen LogP contribution is 2.27. The van der Waals surface area contributed by atoms with Gasteiger partial charge in [0.2, 0.25) is 0 Å². The van der Waals surface area contributed by atoms with Gasteiger partial charge in [0.15, 0.2) is 6.10 Å². The van der Waals surface area contributed by atoms with Crippen LogP contribution in [0, 0.1) is 5.92 Å². The third-order valence-electron chi connectivity index (χ3n) is 2.96. The monoisotopic (exact) mass is 233 g/mol. The molecule has 1 aliphatic rings. The summed E-state index contributed by atoms with van der Waals surface area (Å²) in [6, 6.07) is 7.83. The molecular formula is C14H19NO2. The number of carbonyl (C=O) groups excluding carboxylic acids is 1. The van der Waals surface area contributed by atoms with Crippen LogP contribution in [-0.2, 0) is 11.2 Å². The standard InChI is InChI=1S/C14H19NO2/c1-10(2)7-8-15-14(16)13-9-11-5-3-4-6-12(11)17-13/h3-6,10,13H,7-9H2,1-2H3,(H,15,16)/t13-/m0/s1. The van der Waals surface area contributed by atoms with E-state index in [4.69, 9.17) is 4.74 Å². The number of ether oxygens (including phenoxy) is 1. The molecule has 0 spiro atoms. The number of carbonyl (C=O) groups is 1. The van der Waals surface area contributed by atoms with Crippen molar-refractivity contribution in [3.63, 3.8) is 0 Å². The van der Waals surface area contributed by atoms with Crippen molar-refractivity contribution in [3.8, 4) is 5.75 Å². The van der Waals surface area contributed by atoms with E-state index in [2.05, 4.69) is 19.2 Å². The zero-order valence-corrected chi connectivity index (χ0v) is 10.4. The van der Waals surface area contributed by atoms with Crippen LogP contribution in [0.5, 0.6) is 5.75 Å². The molecule has 0 unspecified atom stereocenters. The smallest absolute Gasteiger partial charge is 0.261 e. The molecule has 0 fully saturated rings. The molecule has 1 atom stereocenters. The first-order valence-electron chi connectivity index (χ1n) is 6.19. The number of fused-ring (bicyclic) bond motifs is 1. The minimum atomic E-state index is -0.348. The van der Waals surface area contributed by atoms with Crippen LogP contribution < -0.4 is 10.1 Å². The molecule has 0 radical (unpaired) electrons. The maximum atomic E-state index is 11.9. The summed E-state index contributed by atoms with van der Waals surface area (Å²) < 4.78 is 5.61. The van der Waals surface area contributed by atoms with Crippen LogP contribution >= 0.6 is 0 Å². The van der Waals surface area contributed by atoms with Gasteiger partial charge in [-0.3, -0.25) is 4.79 Å². The Labute approximate surface area is 102 Å². The highest BCUT2D eigenvalue weighted by molar-refractivity contribution is 5.82. The molecule has 1 amide bonds. The van der Waals surface area contributed by atoms with E-state index in [1.54, 1.807) is 0 Å². The lowest BCUT2D eigenvalue weighted by molar-refractivity contribution is -0.127. The largest absolute Gasteiger partial charge is 0.480 e. The third-order valence-corrected chi connectivity index (χ3v) is 2.96. The van der Waals surface area contributed by atoms with E-state index in [0.29, 0.717) is 12.3 Å². The first-order chi connectivity index (χ1) is 8.16. The molecule has 17 heavy (non-hydrogen) atoms. The molecule has 0 bridgehead atoms. The van der Waals surface area contributed by atoms with Gasteiger partial charge in [-0.1, -0.05) is 32.0 Å². The fourth-order valence-electron chi connectivity index (χ4n) is 1.93. The van der Waals surface area contributed by atoms with Crippen LogP contribution in [0.15, 0.2) is 24.3 Å². The predicted octanol–water partition coefficient (Wildman–Crippen LogP) is 2.15. The normalized spacial score (nSPS) is 17.7. The maximum absolute atomic E-state index is 11.9. The average molecular weight is 233 g/mol. The zero-order valence-electron chi connectivity index (χ0n) is 10.4. The Morgan fingerprint density at radius 2 is 2.24 bits per heavy atom. The molecule has 92 valence electrons. The van der Waals surface area contributed by atoms with Gasteiger partial charge in [0.1, 0.15) is 5.75 Å². The van der Waals surface area contributed by atoms with E-state index in [0.717, 1.165) is 24.3 Å². The van der Waals surface area contributed by atoms with Crippen molar-refractivity contribution < 1.29 is 9.53 Å². The van der Waals surface area contributed by atoms with Crippen LogP contribution in [0.1, 0.15) is 25.8 Å². The summed E-state index contributed by atoms with van der Waals surface area (Å²) in [4.78, 5) is 11.9. The number of hydrogen-bond donors (Lipinski definition) is 1. The van der Waals surface area contributed by atoms with Crippen LogP contribution in [-0.4, -0.2) is 18.6 Å². The Hall–Kier alpha value is -1.51. The van der Waals surface area contributed by atoms with Gasteiger partial charge in [-0.25, -0.2) is 0 Å². The maximum Gasteiger partial charge on any atom is 0.261 e. The number of rotatable bonds is 4. The van der Waals surface area contributed by atoms with E-state index < -0.39 is 0 Å². The minimum Gasteiger partial charge on any atom is -0.480 e. The Bertz CT molecular complexity index is 376. The van der Waals surface area contributed by atoms with Crippen molar-refractivity contribution in [2.24, 2.45) is 5.92 Å². The molecule has 3 nitrogen and oxygen atoms in total. The molecule has 0 aliphatic carbocycles. The molecule has 1 aliphatic heterocycles. The molecule has 0 aromatic heterocycles. The minimum absolute atomic E-state index is 0.00171. The van der Waals surface area contributed by atoms with Crippen molar-refractivity contribution in [2.75, 3.05) is 6.54 Å². The van der Waals surface area contributed by atoms with E-state index in [-0.39, 0.29) is 12.0 Å². The highest BCUT2D eigenvalue weighted by Gasteiger charge is 2.28. The number of para-hydroxylation sites is 1. The molecule has 1 heterocycles. The molecule has 3 heteroatoms. The Balaban J connectivity index is 1.84. The number of hydrogen-bond acceptors (Lipinski definition) is 2. The SMILES string of the molecule is CC(C)CCNC(=O)[C@@H]1Cc2ccccc2O1. The predicted molar refractivity (Wildman–Crippen MR) is 67.0 cm³/mol. The van der Waals surface area contributed by atoms with Gasteiger partial charge >= 0.3 is 0 Å². The molecule has 0 saturated heterocycles. The fraction of sp³-hybridized carbons (Fsp3) is 0.500. The van der Waals surface area contributed by atoms with Crippen LogP contribution in [0.4, 0.5) is 0 Å². The van der Waals surface area contributed by atoms with Crippen LogP contribution in [0.25, 0.3) is 0 Å². The van der Waals surface area contributed by atoms with Gasteiger partial charge in [-0.05, 0) is 24.0 Å². The third kappa shape index (κ3) is 2.99. The molecule has 1 N–H and O–H groups in total. The number of amides is 1. The van der Waals surface area contributed by atoms with E-state index >= 15 is 0 Å². The Morgan fingerprint density at radius 3 is 2.94 bits per heavy atom. The second-order valence-corrected chi connectivity index (χ2v) is 4.89. The van der Waals surface area contributed by atoms with Crippen molar-refractivity contribution in [1.82, 2.24) is 5.32 Å². The Kier molecular flexibility index (Phi) is 3.67. The summed E-state index contributed by atoms with van der Waals surface area (Å²) in [6.45, 7) is 5.02. The first-order valence-corrected chi connectivity index (χ1v) is 6.19. The zero-order chi connectivity index (χ0) is 12.3. The average Bonchev–Trinajstić information content (AvgIpc) is 2.71. The lowest BCUT2D eigenvalue weighted by Crippen LogP contribution is -2.38. The molecular weight excluding hydrogens is 214 g/mol. The molecule has 1 aromatic rings. The molecule has 1 aromatic carbocycles. The van der Waals surface area contributed by atoms with Crippen LogP contribution in [0.3, 0.4) is 0 Å². The van der Waals surface area contributed by atoms with Crippen LogP contribution in [0.2, 0.25) is 0 Å². The summed E-state index contributed by atoms with van der Waals surface area (Å²) in [5.74, 6) is 1.45. The first kappa shape index (κ1) is 12.0. The summed E-state index contributed by atoms with van der Waals surface area (Å²) in [7, 11) is 0. The van der Waals surface area contributed by atoms with E-state index in [1.165, 1.54) is 0 Å². The second kappa shape index (κ2) is 5.21. The van der Waals surface area contributed by atoms with E-state index in [9.17, 15) is 4.79 Å². The van der Waals surface area contributed by atoms with Gasteiger partial charge in [0.25, 0.3) is 5.91 Å². The molecule has 2 rings (SSSR count). The summed E-state index contributed by atoms with van der Waals surface area (Å²) in [6.07, 6.45) is 1.34. The van der Waals surface area contributed by atoms with Gasteiger partial charge in [-0.2, -0.15) is 0 Å². The lowest BCUT2D eigenvalue weighted by atomic mass is 10.1. The van der Waals surface area contributed by atoms with Gasteiger partial charge in [0.05, 0.1) is 0 Å². The number of benzene rings is 1. The topological polar surface area (TPSA) is 38.3 Å². The van der Waals surface area contributed by atoms with Gasteiger partial charge in [0, 0.05) is 13.0 Å². The summed E-state index contributed by atoms with van der Waals surface area (Å²) >= 11 is 0. The van der Waals surface area contributed by atoms with Crippen molar-refractivity contribution in [2.45, 2.75) is 32.8 Å². The number of nitrogens with one attached hydrogen (secondary N) is 1. The fourth-order valence-corrected chi connectivity index (χ4v) is 1.93. The second-order valence-electron chi connectivity index (χ2n) is 4.89. The lowest BCUT2D eigenvalue weighted by Gasteiger charge is -2.12. The highest BCUT2D eigenvalue weighted by atomic mass is 16.5. The van der Waals surface area contributed by atoms with Crippen molar-refractivity contribution in [3.05, 3.63) is 29.8 Å².